The average molecular weight is 292 g/mol. The fourth-order valence-corrected chi connectivity index (χ4v) is 1.41. The number of anilines is 1. The van der Waals surface area contributed by atoms with Gasteiger partial charge in [0.15, 0.2) is 0 Å². The molecule has 6 nitrogen and oxygen atoms in total. The lowest BCUT2D eigenvalue weighted by Crippen LogP contribution is -2.12. The predicted molar refractivity (Wildman–Crippen MR) is 63.2 cm³/mol. The van der Waals surface area contributed by atoms with Crippen LogP contribution in [-0.4, -0.2) is 24.5 Å². The molecule has 1 aromatic rings. The van der Waals surface area contributed by atoms with Crippen molar-refractivity contribution in [2.75, 3.05) is 19.0 Å². The van der Waals surface area contributed by atoms with Crippen molar-refractivity contribution in [1.29, 1.82) is 0 Å². The second-order valence-electron chi connectivity index (χ2n) is 3.74. The average Bonchev–Trinajstić information content (AvgIpc) is 2.37. The van der Waals surface area contributed by atoms with Crippen LogP contribution in [0.1, 0.15) is 12.0 Å². The molecule has 0 amide bonds. The molecule has 110 valence electrons. The standard InChI is InChI=1S/C11H11F3N2O4/c1-20-10(17)4-5-15-8-3-2-7(11(12,13)14)6-9(8)16(18)19/h2-3,6,15H,4-5H2,1H3. The van der Waals surface area contributed by atoms with Crippen LogP contribution in [0.15, 0.2) is 18.2 Å². The Balaban J connectivity index is 2.91. The summed E-state index contributed by atoms with van der Waals surface area (Å²) >= 11 is 0. The van der Waals surface area contributed by atoms with Crippen molar-refractivity contribution in [2.24, 2.45) is 0 Å². The summed E-state index contributed by atoms with van der Waals surface area (Å²) in [5.74, 6) is -0.535. The lowest BCUT2D eigenvalue weighted by Gasteiger charge is -2.10. The summed E-state index contributed by atoms with van der Waals surface area (Å²) in [6, 6.07) is 2.13. The van der Waals surface area contributed by atoms with E-state index in [-0.39, 0.29) is 18.7 Å². The van der Waals surface area contributed by atoms with E-state index in [0.29, 0.717) is 6.07 Å². The van der Waals surface area contributed by atoms with E-state index in [0.717, 1.165) is 12.1 Å². The van der Waals surface area contributed by atoms with Gasteiger partial charge in [0.1, 0.15) is 5.69 Å². The van der Waals surface area contributed by atoms with Gasteiger partial charge >= 0.3 is 12.1 Å². The van der Waals surface area contributed by atoms with Crippen molar-refractivity contribution < 1.29 is 27.6 Å². The Morgan fingerprint density at radius 3 is 2.60 bits per heavy atom. The molecule has 0 spiro atoms. The number of rotatable bonds is 5. The number of nitro benzene ring substituents is 1. The summed E-state index contributed by atoms with van der Waals surface area (Å²) in [6.45, 7) is 0.0128. The number of hydrogen-bond acceptors (Lipinski definition) is 5. The Morgan fingerprint density at radius 2 is 2.10 bits per heavy atom. The number of nitrogens with one attached hydrogen (secondary N) is 1. The van der Waals surface area contributed by atoms with Crippen LogP contribution in [0, 0.1) is 10.1 Å². The minimum Gasteiger partial charge on any atom is -0.469 e. The third-order valence-electron chi connectivity index (χ3n) is 2.39. The number of carbonyl (C=O) groups excluding carboxylic acids is 1. The Morgan fingerprint density at radius 1 is 1.45 bits per heavy atom. The molecule has 0 heterocycles. The van der Waals surface area contributed by atoms with Crippen molar-refractivity contribution in [3.63, 3.8) is 0 Å². The molecule has 0 radical (unpaired) electrons. The second-order valence-corrected chi connectivity index (χ2v) is 3.74. The first-order chi connectivity index (χ1) is 9.25. The number of benzene rings is 1. The minimum absolute atomic E-state index is 0.0128. The van der Waals surface area contributed by atoms with Crippen LogP contribution in [-0.2, 0) is 15.7 Å². The quantitative estimate of drug-likeness (QED) is 0.512. The zero-order valence-corrected chi connectivity index (χ0v) is 10.4. The minimum atomic E-state index is -4.66. The van der Waals surface area contributed by atoms with Gasteiger partial charge in [0.25, 0.3) is 5.69 Å². The molecule has 0 aliphatic heterocycles. The van der Waals surface area contributed by atoms with E-state index < -0.39 is 28.3 Å². The second kappa shape index (κ2) is 6.22. The highest BCUT2D eigenvalue weighted by molar-refractivity contribution is 5.70. The van der Waals surface area contributed by atoms with Crippen molar-refractivity contribution >= 4 is 17.3 Å². The van der Waals surface area contributed by atoms with Gasteiger partial charge in [-0.15, -0.1) is 0 Å². The Labute approximate surface area is 111 Å². The van der Waals surface area contributed by atoms with Gasteiger partial charge in [-0.1, -0.05) is 0 Å². The number of methoxy groups -OCH3 is 1. The van der Waals surface area contributed by atoms with Crippen molar-refractivity contribution in [1.82, 2.24) is 0 Å². The van der Waals surface area contributed by atoms with Crippen LogP contribution in [0.25, 0.3) is 0 Å². The maximum Gasteiger partial charge on any atom is 0.416 e. The predicted octanol–water partition coefficient (Wildman–Crippen LogP) is 2.59. The lowest BCUT2D eigenvalue weighted by molar-refractivity contribution is -0.384. The Kier molecular flexibility index (Phi) is 4.89. The number of alkyl halides is 3. The van der Waals surface area contributed by atoms with E-state index in [1.807, 2.05) is 0 Å². The summed E-state index contributed by atoms with van der Waals surface area (Å²) in [4.78, 5) is 20.7. The third-order valence-corrected chi connectivity index (χ3v) is 2.39. The highest BCUT2D eigenvalue weighted by Gasteiger charge is 2.32. The molecule has 0 unspecified atom stereocenters. The van der Waals surface area contributed by atoms with E-state index in [1.54, 1.807) is 0 Å². The number of ether oxygens (including phenoxy) is 1. The number of hydrogen-bond donors (Lipinski definition) is 1. The normalized spacial score (nSPS) is 11.0. The van der Waals surface area contributed by atoms with E-state index in [1.165, 1.54) is 7.11 Å². The molecule has 0 bridgehead atoms. The summed E-state index contributed by atoms with van der Waals surface area (Å²) < 4.78 is 41.8. The van der Waals surface area contributed by atoms with E-state index >= 15 is 0 Å². The van der Waals surface area contributed by atoms with Gasteiger partial charge in [-0.2, -0.15) is 13.2 Å². The molecule has 0 aliphatic rings. The van der Waals surface area contributed by atoms with Crippen LogP contribution in [0.3, 0.4) is 0 Å². The molecule has 1 rings (SSSR count). The Bertz CT molecular complexity index is 517. The third kappa shape index (κ3) is 4.11. The van der Waals surface area contributed by atoms with E-state index in [9.17, 15) is 28.1 Å². The van der Waals surface area contributed by atoms with Gasteiger partial charge in [0, 0.05) is 12.6 Å². The number of esters is 1. The monoisotopic (exact) mass is 292 g/mol. The SMILES string of the molecule is COC(=O)CCNc1ccc(C(F)(F)F)cc1[N+](=O)[O-]. The molecular formula is C11H11F3N2O4. The largest absolute Gasteiger partial charge is 0.469 e. The zero-order valence-electron chi connectivity index (χ0n) is 10.4. The van der Waals surface area contributed by atoms with Gasteiger partial charge in [-0.3, -0.25) is 14.9 Å². The molecule has 9 heteroatoms. The van der Waals surface area contributed by atoms with Gasteiger partial charge < -0.3 is 10.1 Å². The number of nitro groups is 1. The maximum atomic E-state index is 12.5. The number of nitrogens with zero attached hydrogens (tertiary/aromatic N) is 1. The molecule has 0 saturated heterocycles. The van der Waals surface area contributed by atoms with Gasteiger partial charge in [-0.05, 0) is 12.1 Å². The maximum absolute atomic E-state index is 12.5. The van der Waals surface area contributed by atoms with Crippen molar-refractivity contribution in [2.45, 2.75) is 12.6 Å². The van der Waals surface area contributed by atoms with Crippen molar-refractivity contribution in [3.05, 3.63) is 33.9 Å². The Hall–Kier alpha value is -2.32. The zero-order chi connectivity index (χ0) is 15.3. The highest BCUT2D eigenvalue weighted by atomic mass is 19.4. The van der Waals surface area contributed by atoms with Crippen LogP contribution in [0.5, 0.6) is 0 Å². The fraction of sp³-hybridized carbons (Fsp3) is 0.364. The van der Waals surface area contributed by atoms with Crippen LogP contribution in [0.2, 0.25) is 0 Å². The summed E-state index contributed by atoms with van der Waals surface area (Å²) in [6.07, 6.45) is -4.72. The topological polar surface area (TPSA) is 81.5 Å². The molecule has 1 N–H and O–H groups in total. The summed E-state index contributed by atoms with van der Waals surface area (Å²) in [7, 11) is 1.18. The van der Waals surface area contributed by atoms with Crippen LogP contribution < -0.4 is 5.32 Å². The highest BCUT2D eigenvalue weighted by Crippen LogP contribution is 2.34. The smallest absolute Gasteiger partial charge is 0.416 e. The molecule has 0 saturated carbocycles. The summed E-state index contributed by atoms with van der Waals surface area (Å²) in [5.41, 5.74) is -1.90. The first-order valence-corrected chi connectivity index (χ1v) is 5.42. The number of carbonyl (C=O) groups is 1. The van der Waals surface area contributed by atoms with Crippen LogP contribution >= 0.6 is 0 Å². The molecule has 0 atom stereocenters. The van der Waals surface area contributed by atoms with Crippen molar-refractivity contribution in [3.8, 4) is 0 Å². The van der Waals surface area contributed by atoms with Gasteiger partial charge in [0.05, 0.1) is 24.0 Å². The number of halogens is 3. The molecule has 20 heavy (non-hydrogen) atoms. The van der Waals surface area contributed by atoms with Gasteiger partial charge in [-0.25, -0.2) is 0 Å². The molecule has 0 aromatic heterocycles. The fourth-order valence-electron chi connectivity index (χ4n) is 1.41. The first-order valence-electron chi connectivity index (χ1n) is 5.42. The lowest BCUT2D eigenvalue weighted by atomic mass is 10.1. The molecule has 1 aromatic carbocycles. The first kappa shape index (κ1) is 15.7. The van der Waals surface area contributed by atoms with Gasteiger partial charge in [0.2, 0.25) is 0 Å². The molecular weight excluding hydrogens is 281 g/mol. The van der Waals surface area contributed by atoms with E-state index in [2.05, 4.69) is 10.1 Å². The molecule has 0 aliphatic carbocycles. The van der Waals surface area contributed by atoms with Crippen LogP contribution in [0.4, 0.5) is 24.5 Å². The molecule has 0 fully saturated rings. The summed E-state index contributed by atoms with van der Waals surface area (Å²) in [5, 5.41) is 13.3. The van der Waals surface area contributed by atoms with E-state index in [4.69, 9.17) is 0 Å².